The normalized spacial score (nSPS) is 13.0. The highest BCUT2D eigenvalue weighted by Crippen LogP contribution is 2.30. The molecular formula is C21H29NO3. The molecule has 2 aromatic rings. The van der Waals surface area contributed by atoms with Gasteiger partial charge in [-0.05, 0) is 40.9 Å². The van der Waals surface area contributed by atoms with E-state index in [1.54, 1.807) is 6.07 Å². The molecule has 136 valence electrons. The molecule has 1 atom stereocenters. The van der Waals surface area contributed by atoms with Gasteiger partial charge in [-0.25, -0.2) is 4.79 Å². The van der Waals surface area contributed by atoms with Crippen molar-refractivity contribution in [3.63, 3.8) is 0 Å². The Morgan fingerprint density at radius 3 is 2.24 bits per heavy atom. The molecule has 2 N–H and O–H groups in total. The van der Waals surface area contributed by atoms with Gasteiger partial charge in [-0.3, -0.25) is 0 Å². The lowest BCUT2D eigenvalue weighted by Gasteiger charge is -2.24. The standard InChI is InChI=1S/C21H29NO3/c1-14(2)17(15-6-8-16(9-7-15)21(3,4)5)12-13-22-19-11-10-18(25-19)20(23)24/h6-11,14,17,22H,12-13H2,1-5H3,(H,23,24). The third-order valence-electron chi connectivity index (χ3n) is 4.58. The summed E-state index contributed by atoms with van der Waals surface area (Å²) in [6, 6.07) is 12.1. The minimum atomic E-state index is -1.05. The fourth-order valence-corrected chi connectivity index (χ4v) is 3.01. The van der Waals surface area contributed by atoms with Crippen LogP contribution in [0.4, 0.5) is 5.88 Å². The highest BCUT2D eigenvalue weighted by atomic mass is 16.4. The van der Waals surface area contributed by atoms with E-state index in [9.17, 15) is 4.79 Å². The molecule has 4 heteroatoms. The lowest BCUT2D eigenvalue weighted by molar-refractivity contribution is 0.0663. The number of carboxylic acid groups (broad SMARTS) is 1. The minimum Gasteiger partial charge on any atom is -0.475 e. The van der Waals surface area contributed by atoms with Crippen LogP contribution in [0.5, 0.6) is 0 Å². The number of hydrogen-bond acceptors (Lipinski definition) is 3. The molecule has 0 bridgehead atoms. The second-order valence-electron chi connectivity index (χ2n) is 7.91. The number of rotatable bonds is 7. The Hall–Kier alpha value is -2.23. The number of furan rings is 1. The monoisotopic (exact) mass is 343 g/mol. The van der Waals surface area contributed by atoms with E-state index in [2.05, 4.69) is 64.2 Å². The number of hydrogen-bond donors (Lipinski definition) is 2. The van der Waals surface area contributed by atoms with Crippen LogP contribution in [0, 0.1) is 5.92 Å². The van der Waals surface area contributed by atoms with Crippen molar-refractivity contribution in [1.82, 2.24) is 0 Å². The van der Waals surface area contributed by atoms with Crippen LogP contribution in [0.15, 0.2) is 40.8 Å². The molecule has 0 amide bonds. The molecule has 1 heterocycles. The zero-order chi connectivity index (χ0) is 18.6. The first-order valence-corrected chi connectivity index (χ1v) is 8.86. The number of nitrogens with one attached hydrogen (secondary N) is 1. The van der Waals surface area contributed by atoms with Crippen LogP contribution < -0.4 is 5.32 Å². The second kappa shape index (κ2) is 7.77. The molecule has 0 aliphatic rings. The van der Waals surface area contributed by atoms with Crippen molar-refractivity contribution in [2.45, 2.75) is 52.4 Å². The van der Waals surface area contributed by atoms with Gasteiger partial charge in [0.15, 0.2) is 5.88 Å². The van der Waals surface area contributed by atoms with Gasteiger partial charge in [0, 0.05) is 12.6 Å². The average molecular weight is 343 g/mol. The van der Waals surface area contributed by atoms with E-state index >= 15 is 0 Å². The van der Waals surface area contributed by atoms with Crippen molar-refractivity contribution in [2.75, 3.05) is 11.9 Å². The number of carboxylic acids is 1. The van der Waals surface area contributed by atoms with Crippen LogP contribution in [0.1, 0.15) is 68.6 Å². The summed E-state index contributed by atoms with van der Waals surface area (Å²) >= 11 is 0. The van der Waals surface area contributed by atoms with Gasteiger partial charge in [-0.15, -0.1) is 0 Å². The van der Waals surface area contributed by atoms with Crippen LogP contribution >= 0.6 is 0 Å². The van der Waals surface area contributed by atoms with Gasteiger partial charge in [-0.2, -0.15) is 0 Å². The van der Waals surface area contributed by atoms with Gasteiger partial charge in [0.05, 0.1) is 0 Å². The largest absolute Gasteiger partial charge is 0.475 e. The summed E-state index contributed by atoms with van der Waals surface area (Å²) < 4.78 is 5.24. The first-order chi connectivity index (χ1) is 11.7. The molecule has 2 rings (SSSR count). The molecular weight excluding hydrogens is 314 g/mol. The predicted molar refractivity (Wildman–Crippen MR) is 101 cm³/mol. The van der Waals surface area contributed by atoms with Gasteiger partial charge in [0.2, 0.25) is 5.76 Å². The Labute approximate surface area is 150 Å². The lowest BCUT2D eigenvalue weighted by atomic mass is 9.82. The summed E-state index contributed by atoms with van der Waals surface area (Å²) in [6.07, 6.45) is 0.954. The highest BCUT2D eigenvalue weighted by Gasteiger charge is 2.18. The van der Waals surface area contributed by atoms with Crippen LogP contribution in [0.2, 0.25) is 0 Å². The molecule has 4 nitrogen and oxygen atoms in total. The van der Waals surface area contributed by atoms with Crippen molar-refractivity contribution in [1.29, 1.82) is 0 Å². The van der Waals surface area contributed by atoms with E-state index in [0.717, 1.165) is 13.0 Å². The molecule has 0 spiro atoms. The summed E-state index contributed by atoms with van der Waals surface area (Å²) in [6.45, 7) is 11.9. The van der Waals surface area contributed by atoms with Gasteiger partial charge in [-0.1, -0.05) is 58.9 Å². The molecule has 0 radical (unpaired) electrons. The summed E-state index contributed by atoms with van der Waals surface area (Å²) in [5, 5.41) is 12.1. The second-order valence-corrected chi connectivity index (χ2v) is 7.91. The number of anilines is 1. The lowest BCUT2D eigenvalue weighted by Crippen LogP contribution is -2.14. The SMILES string of the molecule is CC(C)C(CCNc1ccc(C(=O)O)o1)c1ccc(C(C)(C)C)cc1. The molecule has 0 saturated heterocycles. The van der Waals surface area contributed by atoms with E-state index < -0.39 is 5.97 Å². The summed E-state index contributed by atoms with van der Waals surface area (Å²) in [5.74, 6) is 0.375. The fourth-order valence-electron chi connectivity index (χ4n) is 3.01. The van der Waals surface area contributed by atoms with Gasteiger partial charge in [0.1, 0.15) is 0 Å². The van der Waals surface area contributed by atoms with Gasteiger partial charge in [0.25, 0.3) is 0 Å². The number of carbonyl (C=O) groups is 1. The average Bonchev–Trinajstić information content (AvgIpc) is 2.99. The zero-order valence-corrected chi connectivity index (χ0v) is 15.8. The fraction of sp³-hybridized carbons (Fsp3) is 0.476. The van der Waals surface area contributed by atoms with Crippen LogP contribution in [0.25, 0.3) is 0 Å². The molecule has 0 saturated carbocycles. The maximum absolute atomic E-state index is 10.8. The quantitative estimate of drug-likeness (QED) is 0.695. The molecule has 1 aromatic heterocycles. The maximum Gasteiger partial charge on any atom is 0.371 e. The molecule has 1 unspecified atom stereocenters. The van der Waals surface area contributed by atoms with E-state index in [1.807, 2.05) is 0 Å². The van der Waals surface area contributed by atoms with Crippen molar-refractivity contribution < 1.29 is 14.3 Å². The maximum atomic E-state index is 10.8. The number of aromatic carboxylic acids is 1. The van der Waals surface area contributed by atoms with Crippen molar-refractivity contribution in [2.24, 2.45) is 5.92 Å². The smallest absolute Gasteiger partial charge is 0.371 e. The van der Waals surface area contributed by atoms with Crippen molar-refractivity contribution >= 4 is 11.9 Å². The van der Waals surface area contributed by atoms with Crippen LogP contribution in [0.3, 0.4) is 0 Å². The topological polar surface area (TPSA) is 62.5 Å². The van der Waals surface area contributed by atoms with Crippen molar-refractivity contribution in [3.8, 4) is 0 Å². The minimum absolute atomic E-state index is 0.0410. The third-order valence-corrected chi connectivity index (χ3v) is 4.58. The van der Waals surface area contributed by atoms with Crippen LogP contribution in [-0.4, -0.2) is 17.6 Å². The Morgan fingerprint density at radius 1 is 1.12 bits per heavy atom. The highest BCUT2D eigenvalue weighted by molar-refractivity contribution is 5.84. The van der Waals surface area contributed by atoms with E-state index in [1.165, 1.54) is 17.2 Å². The molecule has 0 aliphatic heterocycles. The number of benzene rings is 1. The first-order valence-electron chi connectivity index (χ1n) is 8.86. The molecule has 0 aliphatic carbocycles. The zero-order valence-electron chi connectivity index (χ0n) is 15.8. The molecule has 25 heavy (non-hydrogen) atoms. The van der Waals surface area contributed by atoms with Crippen LogP contribution in [-0.2, 0) is 5.41 Å². The molecule has 0 fully saturated rings. The Morgan fingerprint density at radius 2 is 1.76 bits per heavy atom. The Kier molecular flexibility index (Phi) is 5.93. The van der Waals surface area contributed by atoms with Crippen molar-refractivity contribution in [3.05, 3.63) is 53.3 Å². The third kappa shape index (κ3) is 5.12. The van der Waals surface area contributed by atoms with E-state index in [0.29, 0.717) is 17.7 Å². The van der Waals surface area contributed by atoms with Gasteiger partial charge < -0.3 is 14.8 Å². The summed E-state index contributed by atoms with van der Waals surface area (Å²) in [5.41, 5.74) is 2.85. The summed E-state index contributed by atoms with van der Waals surface area (Å²) in [7, 11) is 0. The Balaban J connectivity index is 1.99. The van der Waals surface area contributed by atoms with Gasteiger partial charge >= 0.3 is 5.97 Å². The Bertz CT molecular complexity index is 693. The van der Waals surface area contributed by atoms with E-state index in [4.69, 9.17) is 9.52 Å². The first kappa shape index (κ1) is 19.1. The summed E-state index contributed by atoms with van der Waals surface area (Å²) in [4.78, 5) is 10.8. The van der Waals surface area contributed by atoms with E-state index in [-0.39, 0.29) is 11.2 Å². The molecule has 1 aromatic carbocycles. The predicted octanol–water partition coefficient (Wildman–Crippen LogP) is 5.52.